The predicted molar refractivity (Wildman–Crippen MR) is 70.2 cm³/mol. The summed E-state index contributed by atoms with van der Waals surface area (Å²) in [7, 11) is 0. The summed E-state index contributed by atoms with van der Waals surface area (Å²) >= 11 is 0. The molecule has 1 N–H and O–H groups in total. The lowest BCUT2D eigenvalue weighted by Gasteiger charge is -2.35. The normalized spacial score (nSPS) is 16.3. The molecule has 0 radical (unpaired) electrons. The number of likely N-dealkylation sites (tertiary alicyclic amines) is 1. The van der Waals surface area contributed by atoms with Crippen LogP contribution in [-0.2, 0) is 0 Å². The van der Waals surface area contributed by atoms with Gasteiger partial charge in [0.15, 0.2) is 0 Å². The molecular formula is C14H21NO3. The predicted octanol–water partition coefficient (Wildman–Crippen LogP) is 1.53. The summed E-state index contributed by atoms with van der Waals surface area (Å²) in [4.78, 5) is 2.17. The molecular weight excluding hydrogens is 230 g/mol. The van der Waals surface area contributed by atoms with Gasteiger partial charge in [-0.15, -0.1) is 0 Å². The van der Waals surface area contributed by atoms with Crippen LogP contribution in [-0.4, -0.2) is 49.0 Å². The number of nitrogens with zero attached hydrogens (tertiary/aromatic N) is 1. The summed E-state index contributed by atoms with van der Waals surface area (Å²) in [6.45, 7) is 5.90. The van der Waals surface area contributed by atoms with Crippen LogP contribution in [0.15, 0.2) is 24.3 Å². The molecule has 0 aliphatic carbocycles. The van der Waals surface area contributed by atoms with Crippen LogP contribution in [0.3, 0.4) is 0 Å². The van der Waals surface area contributed by atoms with Gasteiger partial charge in [0.05, 0.1) is 12.7 Å². The molecule has 2 rings (SSSR count). The van der Waals surface area contributed by atoms with Crippen LogP contribution < -0.4 is 9.47 Å². The largest absolute Gasteiger partial charge is 0.494 e. The van der Waals surface area contributed by atoms with Crippen molar-refractivity contribution in [3.8, 4) is 11.5 Å². The summed E-state index contributed by atoms with van der Waals surface area (Å²) in [6, 6.07) is 7.71. The number of hydrogen-bond donors (Lipinski definition) is 1. The molecule has 1 aliphatic rings. The highest BCUT2D eigenvalue weighted by atomic mass is 16.5. The maximum atomic E-state index is 9.14. The zero-order valence-electron chi connectivity index (χ0n) is 10.8. The van der Waals surface area contributed by atoms with Crippen LogP contribution in [0.4, 0.5) is 0 Å². The molecule has 0 unspecified atom stereocenters. The topological polar surface area (TPSA) is 41.9 Å². The highest BCUT2D eigenvalue weighted by molar-refractivity contribution is 5.31. The number of ether oxygens (including phenoxy) is 2. The highest BCUT2D eigenvalue weighted by Crippen LogP contribution is 2.18. The molecule has 4 nitrogen and oxygen atoms in total. The van der Waals surface area contributed by atoms with E-state index in [0.29, 0.717) is 6.61 Å². The molecule has 100 valence electrons. The fourth-order valence-electron chi connectivity index (χ4n) is 1.87. The fourth-order valence-corrected chi connectivity index (χ4v) is 1.87. The molecule has 0 amide bonds. The van der Waals surface area contributed by atoms with Crippen LogP contribution >= 0.6 is 0 Å². The Morgan fingerprint density at radius 2 is 1.67 bits per heavy atom. The Kier molecular flexibility index (Phi) is 4.84. The van der Waals surface area contributed by atoms with Crippen LogP contribution in [0.1, 0.15) is 13.3 Å². The molecule has 18 heavy (non-hydrogen) atoms. The molecule has 1 saturated heterocycles. The number of benzene rings is 1. The summed E-state index contributed by atoms with van der Waals surface area (Å²) in [5.41, 5.74) is 0. The molecule has 0 bridgehead atoms. The third kappa shape index (κ3) is 3.89. The molecule has 0 spiro atoms. The average molecular weight is 251 g/mol. The van der Waals surface area contributed by atoms with Crippen molar-refractivity contribution in [2.45, 2.75) is 19.4 Å². The van der Waals surface area contributed by atoms with E-state index < -0.39 is 0 Å². The van der Waals surface area contributed by atoms with Gasteiger partial charge in [-0.3, -0.25) is 4.90 Å². The van der Waals surface area contributed by atoms with Gasteiger partial charge in [0.2, 0.25) is 0 Å². The Morgan fingerprint density at radius 3 is 2.17 bits per heavy atom. The van der Waals surface area contributed by atoms with Crippen LogP contribution in [0.5, 0.6) is 11.5 Å². The lowest BCUT2D eigenvalue weighted by molar-refractivity contribution is -0.00387. The first kappa shape index (κ1) is 13.2. The maximum Gasteiger partial charge on any atom is 0.119 e. The standard InChI is InChI=1S/C14H21NO3/c1-2-8-17-13-3-5-14(6-4-13)18-9-7-15-10-12(16)11-15/h3-6,12,16H,2,7-11H2,1H3. The molecule has 1 aliphatic heterocycles. The number of rotatable bonds is 7. The molecule has 1 aromatic carbocycles. The summed E-state index contributed by atoms with van der Waals surface area (Å²) in [5.74, 6) is 1.75. The van der Waals surface area contributed by atoms with Gasteiger partial charge >= 0.3 is 0 Å². The van der Waals surface area contributed by atoms with Gasteiger partial charge < -0.3 is 14.6 Å². The Balaban J connectivity index is 1.66. The molecule has 0 saturated carbocycles. The van der Waals surface area contributed by atoms with E-state index in [1.165, 1.54) is 0 Å². The van der Waals surface area contributed by atoms with Gasteiger partial charge in [-0.2, -0.15) is 0 Å². The Labute approximate surface area is 108 Å². The molecule has 4 heteroatoms. The van der Waals surface area contributed by atoms with Gasteiger partial charge in [-0.25, -0.2) is 0 Å². The van der Waals surface area contributed by atoms with Crippen molar-refractivity contribution in [2.24, 2.45) is 0 Å². The molecule has 1 aromatic rings. The van der Waals surface area contributed by atoms with Crippen molar-refractivity contribution in [2.75, 3.05) is 32.8 Å². The van der Waals surface area contributed by atoms with Gasteiger partial charge in [0, 0.05) is 19.6 Å². The van der Waals surface area contributed by atoms with Crippen molar-refractivity contribution < 1.29 is 14.6 Å². The number of β-amino-alcohol motifs (C(OH)–C–C–N with tert-alkyl or cyclic N) is 1. The summed E-state index contributed by atoms with van der Waals surface area (Å²) < 4.78 is 11.1. The minimum atomic E-state index is -0.139. The first-order chi connectivity index (χ1) is 8.78. The number of aliphatic hydroxyl groups is 1. The lowest BCUT2D eigenvalue weighted by atomic mass is 10.2. The quantitative estimate of drug-likeness (QED) is 0.798. The number of aliphatic hydroxyl groups excluding tert-OH is 1. The van der Waals surface area contributed by atoms with Crippen molar-refractivity contribution in [3.63, 3.8) is 0 Å². The average Bonchev–Trinajstić information content (AvgIpc) is 2.35. The van der Waals surface area contributed by atoms with E-state index in [9.17, 15) is 0 Å². The second-order valence-electron chi connectivity index (χ2n) is 4.58. The van der Waals surface area contributed by atoms with Gasteiger partial charge in [0.25, 0.3) is 0 Å². The first-order valence-electron chi connectivity index (χ1n) is 6.54. The Hall–Kier alpha value is -1.26. The van der Waals surface area contributed by atoms with E-state index >= 15 is 0 Å². The summed E-state index contributed by atoms with van der Waals surface area (Å²) in [5, 5.41) is 9.14. The number of hydrogen-bond acceptors (Lipinski definition) is 4. The molecule has 0 aromatic heterocycles. The third-order valence-electron chi connectivity index (χ3n) is 2.91. The van der Waals surface area contributed by atoms with Gasteiger partial charge in [-0.1, -0.05) is 6.92 Å². The smallest absolute Gasteiger partial charge is 0.119 e. The van der Waals surface area contributed by atoms with E-state index in [0.717, 1.165) is 44.2 Å². The Bertz CT molecular complexity index is 347. The van der Waals surface area contributed by atoms with Gasteiger partial charge in [0.1, 0.15) is 18.1 Å². The second-order valence-corrected chi connectivity index (χ2v) is 4.58. The van der Waals surface area contributed by atoms with E-state index in [4.69, 9.17) is 14.6 Å². The lowest BCUT2D eigenvalue weighted by Crippen LogP contribution is -2.51. The zero-order chi connectivity index (χ0) is 12.8. The Morgan fingerprint density at radius 1 is 1.11 bits per heavy atom. The minimum Gasteiger partial charge on any atom is -0.494 e. The van der Waals surface area contributed by atoms with E-state index in [-0.39, 0.29) is 6.10 Å². The maximum absolute atomic E-state index is 9.14. The fraction of sp³-hybridized carbons (Fsp3) is 0.571. The minimum absolute atomic E-state index is 0.139. The van der Waals surface area contributed by atoms with Gasteiger partial charge in [-0.05, 0) is 30.7 Å². The first-order valence-corrected chi connectivity index (χ1v) is 6.54. The second kappa shape index (κ2) is 6.61. The van der Waals surface area contributed by atoms with Crippen molar-refractivity contribution in [1.82, 2.24) is 4.90 Å². The van der Waals surface area contributed by atoms with Crippen molar-refractivity contribution in [1.29, 1.82) is 0 Å². The molecule has 0 atom stereocenters. The van der Waals surface area contributed by atoms with E-state index in [1.54, 1.807) is 0 Å². The summed E-state index contributed by atoms with van der Waals surface area (Å²) in [6.07, 6.45) is 0.875. The SMILES string of the molecule is CCCOc1ccc(OCCN2CC(O)C2)cc1. The van der Waals surface area contributed by atoms with Crippen LogP contribution in [0.25, 0.3) is 0 Å². The van der Waals surface area contributed by atoms with Crippen molar-refractivity contribution >= 4 is 0 Å². The van der Waals surface area contributed by atoms with E-state index in [1.807, 2.05) is 24.3 Å². The zero-order valence-corrected chi connectivity index (χ0v) is 10.8. The molecule has 1 heterocycles. The van der Waals surface area contributed by atoms with Crippen LogP contribution in [0.2, 0.25) is 0 Å². The monoisotopic (exact) mass is 251 g/mol. The highest BCUT2D eigenvalue weighted by Gasteiger charge is 2.23. The third-order valence-corrected chi connectivity index (χ3v) is 2.91. The van der Waals surface area contributed by atoms with Crippen molar-refractivity contribution in [3.05, 3.63) is 24.3 Å². The molecule has 1 fully saturated rings. The van der Waals surface area contributed by atoms with E-state index in [2.05, 4.69) is 11.8 Å². The van der Waals surface area contributed by atoms with Crippen LogP contribution in [0, 0.1) is 0 Å².